The highest BCUT2D eigenvalue weighted by molar-refractivity contribution is 5.72. The number of carboxylic acids is 2. The van der Waals surface area contributed by atoms with Crippen LogP contribution < -0.4 is 11.5 Å². The zero-order chi connectivity index (χ0) is 12.7. The van der Waals surface area contributed by atoms with Gasteiger partial charge in [-0.05, 0) is 19.3 Å². The molecule has 16 heavy (non-hydrogen) atoms. The van der Waals surface area contributed by atoms with Gasteiger partial charge in [-0.2, -0.15) is 0 Å². The van der Waals surface area contributed by atoms with Crippen molar-refractivity contribution < 1.29 is 24.9 Å². The van der Waals surface area contributed by atoms with Crippen LogP contribution in [0.25, 0.3) is 0 Å². The fraction of sp³-hybridized carbons (Fsp3) is 0.778. The summed E-state index contributed by atoms with van der Waals surface area (Å²) in [6.45, 7) is 0. The average Bonchev–Trinajstić information content (AvgIpc) is 2.15. The van der Waals surface area contributed by atoms with Gasteiger partial charge < -0.3 is 26.8 Å². The molecule has 0 rings (SSSR count). The van der Waals surface area contributed by atoms with Gasteiger partial charge in [-0.1, -0.05) is 0 Å². The van der Waals surface area contributed by atoms with Gasteiger partial charge >= 0.3 is 11.9 Å². The third-order valence-corrected chi connectivity index (χ3v) is 2.25. The van der Waals surface area contributed by atoms with E-state index < -0.39 is 36.5 Å². The molecule has 0 radical (unpaired) electrons. The molecule has 0 aliphatic rings. The first-order valence-electron chi connectivity index (χ1n) is 4.98. The van der Waals surface area contributed by atoms with Gasteiger partial charge in [-0.15, -0.1) is 0 Å². The van der Waals surface area contributed by atoms with Crippen LogP contribution in [0.3, 0.4) is 0 Å². The smallest absolute Gasteiger partial charge is 0.320 e. The normalized spacial score (nSPS) is 16.4. The van der Waals surface area contributed by atoms with Gasteiger partial charge in [-0.25, -0.2) is 0 Å². The highest BCUT2D eigenvalue weighted by Gasteiger charge is 2.18. The number of hydrogen-bond acceptors (Lipinski definition) is 5. The zero-order valence-corrected chi connectivity index (χ0v) is 8.87. The molecule has 0 aliphatic heterocycles. The first-order valence-corrected chi connectivity index (χ1v) is 4.98. The van der Waals surface area contributed by atoms with Gasteiger partial charge in [0.15, 0.2) is 0 Å². The van der Waals surface area contributed by atoms with Crippen LogP contribution >= 0.6 is 0 Å². The van der Waals surface area contributed by atoms with E-state index in [1.165, 1.54) is 0 Å². The van der Waals surface area contributed by atoms with Crippen LogP contribution in [-0.2, 0) is 9.59 Å². The van der Waals surface area contributed by atoms with E-state index >= 15 is 0 Å². The molecule has 0 aromatic carbocycles. The minimum atomic E-state index is -1.12. The lowest BCUT2D eigenvalue weighted by molar-refractivity contribution is -0.140. The number of rotatable bonds is 8. The zero-order valence-electron chi connectivity index (χ0n) is 8.87. The lowest BCUT2D eigenvalue weighted by Gasteiger charge is -2.17. The predicted octanol–water partition coefficient (Wildman–Crippen LogP) is -1.27. The van der Waals surface area contributed by atoms with Crippen LogP contribution in [0.15, 0.2) is 0 Å². The summed E-state index contributed by atoms with van der Waals surface area (Å²) in [5.41, 5.74) is 10.8. The molecule has 0 aromatic rings. The largest absolute Gasteiger partial charge is 0.481 e. The highest BCUT2D eigenvalue weighted by atomic mass is 16.4. The highest BCUT2D eigenvalue weighted by Crippen LogP contribution is 2.07. The fourth-order valence-corrected chi connectivity index (χ4v) is 1.22. The number of nitrogens with two attached hydrogens (primary N) is 2. The summed E-state index contributed by atoms with van der Waals surface area (Å²) in [5.74, 6) is -2.20. The molecule has 3 atom stereocenters. The average molecular weight is 234 g/mol. The van der Waals surface area contributed by atoms with Crippen molar-refractivity contribution in [2.45, 2.75) is 43.9 Å². The van der Waals surface area contributed by atoms with Crippen LogP contribution in [0, 0.1) is 0 Å². The van der Waals surface area contributed by atoms with Crippen molar-refractivity contribution in [3.8, 4) is 0 Å². The number of aliphatic hydroxyl groups excluding tert-OH is 1. The van der Waals surface area contributed by atoms with E-state index in [4.69, 9.17) is 21.7 Å². The van der Waals surface area contributed by atoms with E-state index in [0.29, 0.717) is 12.8 Å². The minimum absolute atomic E-state index is 0.253. The molecule has 0 saturated heterocycles. The first-order chi connectivity index (χ1) is 7.34. The molecular weight excluding hydrogens is 216 g/mol. The SMILES string of the molecule is NC(CCCC(N)C(O)CC(=O)O)C(=O)O. The van der Waals surface area contributed by atoms with Crippen LogP contribution in [0.2, 0.25) is 0 Å². The molecule has 7 N–H and O–H groups in total. The second kappa shape index (κ2) is 7.15. The molecule has 0 heterocycles. The molecule has 0 fully saturated rings. The van der Waals surface area contributed by atoms with Crippen molar-refractivity contribution in [3.05, 3.63) is 0 Å². The molecule has 0 amide bonds. The summed E-state index contributed by atoms with van der Waals surface area (Å²) < 4.78 is 0. The van der Waals surface area contributed by atoms with E-state index in [0.717, 1.165) is 0 Å². The lowest BCUT2D eigenvalue weighted by Crippen LogP contribution is -2.37. The quantitative estimate of drug-likeness (QED) is 0.352. The fourth-order valence-electron chi connectivity index (χ4n) is 1.22. The number of aliphatic hydroxyl groups is 1. The molecule has 0 aromatic heterocycles. The van der Waals surface area contributed by atoms with E-state index in [-0.39, 0.29) is 6.42 Å². The van der Waals surface area contributed by atoms with Crippen LogP contribution in [-0.4, -0.2) is 45.4 Å². The molecule has 0 spiro atoms. The van der Waals surface area contributed by atoms with Crippen LogP contribution in [0.1, 0.15) is 25.7 Å². The number of carbonyl (C=O) groups is 2. The molecule has 3 unspecified atom stereocenters. The summed E-state index contributed by atoms with van der Waals surface area (Å²) in [5, 5.41) is 26.2. The van der Waals surface area contributed by atoms with Crippen molar-refractivity contribution in [1.29, 1.82) is 0 Å². The van der Waals surface area contributed by atoms with Crippen molar-refractivity contribution in [2.75, 3.05) is 0 Å². The Kier molecular flexibility index (Phi) is 6.63. The first kappa shape index (κ1) is 14.8. The Hall–Kier alpha value is -1.18. The molecule has 0 saturated carbocycles. The van der Waals surface area contributed by atoms with Crippen molar-refractivity contribution in [3.63, 3.8) is 0 Å². The second-order valence-corrected chi connectivity index (χ2v) is 3.70. The molecule has 0 aliphatic carbocycles. The van der Waals surface area contributed by atoms with Gasteiger partial charge in [0.1, 0.15) is 6.04 Å². The Morgan fingerprint density at radius 3 is 2.12 bits per heavy atom. The summed E-state index contributed by atoms with van der Waals surface area (Å²) in [7, 11) is 0. The van der Waals surface area contributed by atoms with Gasteiger partial charge in [0.2, 0.25) is 0 Å². The molecule has 7 nitrogen and oxygen atoms in total. The second-order valence-electron chi connectivity index (χ2n) is 3.70. The maximum absolute atomic E-state index is 10.4. The Balaban J connectivity index is 3.76. The monoisotopic (exact) mass is 234 g/mol. The van der Waals surface area contributed by atoms with E-state index in [2.05, 4.69) is 0 Å². The maximum Gasteiger partial charge on any atom is 0.320 e. The number of carboxylic acid groups (broad SMARTS) is 2. The number of aliphatic carboxylic acids is 2. The predicted molar refractivity (Wildman–Crippen MR) is 55.7 cm³/mol. The summed E-state index contributed by atoms with van der Waals surface area (Å²) in [6.07, 6.45) is -0.492. The molecular formula is C9H18N2O5. The topological polar surface area (TPSA) is 147 Å². The van der Waals surface area contributed by atoms with Gasteiger partial charge in [-0.3, -0.25) is 9.59 Å². The van der Waals surface area contributed by atoms with Crippen molar-refractivity contribution in [2.24, 2.45) is 11.5 Å². The molecule has 94 valence electrons. The summed E-state index contributed by atoms with van der Waals surface area (Å²) in [6, 6.07) is -1.61. The lowest BCUT2D eigenvalue weighted by atomic mass is 10.0. The molecule has 0 bridgehead atoms. The van der Waals surface area contributed by atoms with E-state index in [9.17, 15) is 14.7 Å². The Labute approximate surface area is 93.0 Å². The summed E-state index contributed by atoms with van der Waals surface area (Å²) >= 11 is 0. The van der Waals surface area contributed by atoms with Gasteiger partial charge in [0, 0.05) is 6.04 Å². The minimum Gasteiger partial charge on any atom is -0.481 e. The van der Waals surface area contributed by atoms with E-state index in [1.807, 2.05) is 0 Å². The van der Waals surface area contributed by atoms with Crippen LogP contribution in [0.4, 0.5) is 0 Å². The Bertz CT molecular complexity index is 246. The number of hydrogen-bond donors (Lipinski definition) is 5. The Morgan fingerprint density at radius 1 is 1.12 bits per heavy atom. The van der Waals surface area contributed by atoms with Crippen molar-refractivity contribution >= 4 is 11.9 Å². The Morgan fingerprint density at radius 2 is 1.69 bits per heavy atom. The van der Waals surface area contributed by atoms with Crippen molar-refractivity contribution in [1.82, 2.24) is 0 Å². The maximum atomic E-state index is 10.4. The van der Waals surface area contributed by atoms with E-state index in [1.54, 1.807) is 0 Å². The van der Waals surface area contributed by atoms with Gasteiger partial charge in [0.05, 0.1) is 12.5 Å². The summed E-state index contributed by atoms with van der Waals surface area (Å²) in [4.78, 5) is 20.6. The standard InChI is InChI=1S/C9H18N2O5/c10-5(7(12)4-8(13)14)2-1-3-6(11)9(15)16/h5-7,12H,1-4,10-11H2,(H,13,14)(H,15,16). The third kappa shape index (κ3) is 6.33. The van der Waals surface area contributed by atoms with Crippen LogP contribution in [0.5, 0.6) is 0 Å². The third-order valence-electron chi connectivity index (χ3n) is 2.25. The molecule has 7 heteroatoms. The van der Waals surface area contributed by atoms with Gasteiger partial charge in [0.25, 0.3) is 0 Å².